The average Bonchev–Trinajstić information content (AvgIpc) is 2.71. The van der Waals surface area contributed by atoms with Crippen molar-refractivity contribution in [3.63, 3.8) is 0 Å². The van der Waals surface area contributed by atoms with Crippen LogP contribution in [0.5, 0.6) is 0 Å². The summed E-state index contributed by atoms with van der Waals surface area (Å²) in [5, 5.41) is 6.36. The van der Waals surface area contributed by atoms with Crippen LogP contribution in [0.1, 0.15) is 26.4 Å². The van der Waals surface area contributed by atoms with E-state index in [2.05, 4.69) is 15.6 Å². The zero-order valence-corrected chi connectivity index (χ0v) is 16.1. The van der Waals surface area contributed by atoms with Gasteiger partial charge in [0.2, 0.25) is 0 Å². The third-order valence-corrected chi connectivity index (χ3v) is 4.39. The van der Waals surface area contributed by atoms with Gasteiger partial charge in [-0.25, -0.2) is 9.78 Å². The van der Waals surface area contributed by atoms with E-state index >= 15 is 0 Å². The maximum atomic E-state index is 12.4. The molecule has 0 unspecified atom stereocenters. The molecule has 1 amide bonds. The summed E-state index contributed by atoms with van der Waals surface area (Å²) in [6, 6.07) is 15.6. The Bertz CT molecular complexity index is 1020. The second kappa shape index (κ2) is 8.54. The summed E-state index contributed by atoms with van der Waals surface area (Å²) < 4.78 is 4.71. The number of hydrogen-bond donors (Lipinski definition) is 2. The molecule has 1 heterocycles. The highest BCUT2D eigenvalue weighted by Crippen LogP contribution is 2.27. The molecule has 3 rings (SSSR count). The molecule has 6 nitrogen and oxygen atoms in total. The molecule has 142 valence electrons. The molecule has 1 aromatic heterocycles. The van der Waals surface area contributed by atoms with Crippen LogP contribution in [0.2, 0.25) is 5.02 Å². The van der Waals surface area contributed by atoms with Crippen LogP contribution in [0.25, 0.3) is 0 Å². The Kier molecular flexibility index (Phi) is 5.91. The fourth-order valence-corrected chi connectivity index (χ4v) is 2.69. The number of anilines is 3. The van der Waals surface area contributed by atoms with E-state index in [-0.39, 0.29) is 11.6 Å². The second-order valence-corrected chi connectivity index (χ2v) is 6.42. The molecule has 2 N–H and O–H groups in total. The van der Waals surface area contributed by atoms with E-state index in [4.69, 9.17) is 16.3 Å². The number of para-hydroxylation sites is 1. The van der Waals surface area contributed by atoms with Crippen LogP contribution < -0.4 is 10.6 Å². The highest BCUT2D eigenvalue weighted by Gasteiger charge is 2.11. The number of ether oxygens (including phenoxy) is 1. The number of methoxy groups -OCH3 is 1. The zero-order valence-electron chi connectivity index (χ0n) is 15.3. The van der Waals surface area contributed by atoms with Crippen molar-refractivity contribution < 1.29 is 14.3 Å². The van der Waals surface area contributed by atoms with Gasteiger partial charge in [0.05, 0.1) is 35.3 Å². The topological polar surface area (TPSA) is 80.3 Å². The molecule has 0 saturated heterocycles. The molecule has 0 fully saturated rings. The van der Waals surface area contributed by atoms with Crippen molar-refractivity contribution in [3.8, 4) is 0 Å². The molecular weight excluding hydrogens is 378 g/mol. The maximum Gasteiger partial charge on any atom is 0.337 e. The van der Waals surface area contributed by atoms with E-state index in [1.807, 2.05) is 31.2 Å². The van der Waals surface area contributed by atoms with Gasteiger partial charge in [-0.1, -0.05) is 29.8 Å². The number of nitrogens with zero attached hydrogens (tertiary/aromatic N) is 1. The van der Waals surface area contributed by atoms with Gasteiger partial charge in [0.15, 0.2) is 0 Å². The molecule has 2 aromatic carbocycles. The molecule has 0 aliphatic rings. The number of aromatic nitrogens is 1. The summed E-state index contributed by atoms with van der Waals surface area (Å²) in [6.45, 7) is 1.92. The van der Waals surface area contributed by atoms with Crippen LogP contribution in [0.3, 0.4) is 0 Å². The molecule has 0 bridgehead atoms. The van der Waals surface area contributed by atoms with Gasteiger partial charge in [0, 0.05) is 5.69 Å². The third-order valence-electron chi connectivity index (χ3n) is 4.06. The standard InChI is InChI=1S/C21H18ClN3O3/c1-13-5-3-4-6-17(13)25-20(26)18-10-8-15(12-23-18)24-19-11-14(21(27)28-2)7-9-16(19)22/h3-12,24H,1-2H3,(H,25,26). The Morgan fingerprint density at radius 3 is 2.50 bits per heavy atom. The number of carbonyl (C=O) groups excluding carboxylic acids is 2. The minimum absolute atomic E-state index is 0.281. The van der Waals surface area contributed by atoms with Crippen LogP contribution >= 0.6 is 11.6 Å². The van der Waals surface area contributed by atoms with Crippen molar-refractivity contribution in [3.05, 3.63) is 82.6 Å². The summed E-state index contributed by atoms with van der Waals surface area (Å²) in [6.07, 6.45) is 1.52. The zero-order chi connectivity index (χ0) is 20.1. The fourth-order valence-electron chi connectivity index (χ4n) is 2.52. The molecule has 0 spiro atoms. The van der Waals surface area contributed by atoms with Crippen molar-refractivity contribution in [1.29, 1.82) is 0 Å². The van der Waals surface area contributed by atoms with Crippen molar-refractivity contribution in [2.24, 2.45) is 0 Å². The second-order valence-electron chi connectivity index (χ2n) is 6.01. The summed E-state index contributed by atoms with van der Waals surface area (Å²) in [7, 11) is 1.31. The van der Waals surface area contributed by atoms with Gasteiger partial charge in [-0.3, -0.25) is 4.79 Å². The van der Waals surface area contributed by atoms with Gasteiger partial charge < -0.3 is 15.4 Å². The Labute approximate surface area is 167 Å². The van der Waals surface area contributed by atoms with E-state index in [0.717, 1.165) is 11.3 Å². The van der Waals surface area contributed by atoms with Crippen molar-refractivity contribution in [2.45, 2.75) is 6.92 Å². The highest BCUT2D eigenvalue weighted by molar-refractivity contribution is 6.33. The Morgan fingerprint density at radius 1 is 1.04 bits per heavy atom. The van der Waals surface area contributed by atoms with E-state index in [9.17, 15) is 9.59 Å². The lowest BCUT2D eigenvalue weighted by molar-refractivity contribution is 0.0600. The van der Waals surface area contributed by atoms with Crippen molar-refractivity contribution in [2.75, 3.05) is 17.7 Å². The van der Waals surface area contributed by atoms with E-state index in [1.54, 1.807) is 30.3 Å². The summed E-state index contributed by atoms with van der Waals surface area (Å²) in [4.78, 5) is 28.2. The number of amides is 1. The minimum atomic E-state index is -0.457. The van der Waals surface area contributed by atoms with E-state index in [0.29, 0.717) is 22.0 Å². The van der Waals surface area contributed by atoms with Crippen molar-refractivity contribution in [1.82, 2.24) is 4.98 Å². The first-order valence-corrected chi connectivity index (χ1v) is 8.83. The first kappa shape index (κ1) is 19.4. The predicted molar refractivity (Wildman–Crippen MR) is 109 cm³/mol. The first-order valence-electron chi connectivity index (χ1n) is 8.46. The van der Waals surface area contributed by atoms with Gasteiger partial charge in [0.25, 0.3) is 5.91 Å². The van der Waals surface area contributed by atoms with Crippen LogP contribution in [0.4, 0.5) is 17.1 Å². The molecule has 7 heteroatoms. The summed E-state index contributed by atoms with van der Waals surface area (Å²) in [5.41, 5.74) is 3.51. The molecule has 0 saturated carbocycles. The lowest BCUT2D eigenvalue weighted by Gasteiger charge is -2.11. The number of rotatable bonds is 5. The van der Waals surface area contributed by atoms with Crippen LogP contribution in [-0.4, -0.2) is 24.0 Å². The Morgan fingerprint density at radius 2 is 1.82 bits per heavy atom. The van der Waals surface area contributed by atoms with Gasteiger partial charge in [-0.2, -0.15) is 0 Å². The van der Waals surface area contributed by atoms with E-state index in [1.165, 1.54) is 13.3 Å². The number of aryl methyl sites for hydroxylation is 1. The highest BCUT2D eigenvalue weighted by atomic mass is 35.5. The normalized spacial score (nSPS) is 10.2. The molecule has 0 aliphatic carbocycles. The Balaban J connectivity index is 1.74. The van der Waals surface area contributed by atoms with Gasteiger partial charge in [-0.15, -0.1) is 0 Å². The lowest BCUT2D eigenvalue weighted by Crippen LogP contribution is -2.14. The van der Waals surface area contributed by atoms with Gasteiger partial charge in [0.1, 0.15) is 5.69 Å². The number of esters is 1. The largest absolute Gasteiger partial charge is 0.465 e. The average molecular weight is 396 g/mol. The van der Waals surface area contributed by atoms with Gasteiger partial charge >= 0.3 is 5.97 Å². The van der Waals surface area contributed by atoms with Gasteiger partial charge in [-0.05, 0) is 48.9 Å². The molecule has 0 aliphatic heterocycles. The molecule has 3 aromatic rings. The summed E-state index contributed by atoms with van der Waals surface area (Å²) >= 11 is 6.18. The predicted octanol–water partition coefficient (Wildman–Crippen LogP) is 4.83. The number of hydrogen-bond acceptors (Lipinski definition) is 5. The molecule has 28 heavy (non-hydrogen) atoms. The first-order chi connectivity index (χ1) is 13.5. The third kappa shape index (κ3) is 4.47. The smallest absolute Gasteiger partial charge is 0.337 e. The monoisotopic (exact) mass is 395 g/mol. The van der Waals surface area contributed by atoms with Crippen molar-refractivity contribution >= 4 is 40.5 Å². The van der Waals surface area contributed by atoms with E-state index < -0.39 is 5.97 Å². The van der Waals surface area contributed by atoms with Crippen LogP contribution in [0.15, 0.2) is 60.8 Å². The van der Waals surface area contributed by atoms with Crippen LogP contribution in [0, 0.1) is 6.92 Å². The summed E-state index contributed by atoms with van der Waals surface area (Å²) in [5.74, 6) is -0.757. The minimum Gasteiger partial charge on any atom is -0.465 e. The molecule has 0 atom stereocenters. The molecule has 0 radical (unpaired) electrons. The molecular formula is C21H18ClN3O3. The Hall–Kier alpha value is -3.38. The number of pyridine rings is 1. The fraction of sp³-hybridized carbons (Fsp3) is 0.0952. The number of nitrogens with one attached hydrogen (secondary N) is 2. The lowest BCUT2D eigenvalue weighted by atomic mass is 10.2. The quantitative estimate of drug-likeness (QED) is 0.605. The maximum absolute atomic E-state index is 12.4. The number of halogens is 1. The number of carbonyl (C=O) groups is 2. The number of benzene rings is 2. The van der Waals surface area contributed by atoms with Crippen LogP contribution in [-0.2, 0) is 4.74 Å². The SMILES string of the molecule is COC(=O)c1ccc(Cl)c(Nc2ccc(C(=O)Nc3ccccc3C)nc2)c1.